The number of halogens is 1. The van der Waals surface area contributed by atoms with Gasteiger partial charge >= 0.3 is 6.09 Å². The molecule has 0 aliphatic carbocycles. The number of hydrogen-bond donors (Lipinski definition) is 3. The Morgan fingerprint density at radius 2 is 2.12 bits per heavy atom. The molecule has 2 aliphatic heterocycles. The van der Waals surface area contributed by atoms with Crippen LogP contribution in [0.5, 0.6) is 0 Å². The van der Waals surface area contributed by atoms with E-state index in [2.05, 4.69) is 5.32 Å². The summed E-state index contributed by atoms with van der Waals surface area (Å²) in [5.41, 5.74) is 6.39. The van der Waals surface area contributed by atoms with Crippen LogP contribution in [0.25, 0.3) is 0 Å². The van der Waals surface area contributed by atoms with Gasteiger partial charge in [0.05, 0.1) is 17.9 Å². The van der Waals surface area contributed by atoms with Crippen molar-refractivity contribution in [3.05, 3.63) is 36.4 Å². The standard InChI is InChI=1S/C17H23FN4O2.H3N/c18-15-11-13(3-4-16(15)21-9-1-2-10-21)22-12-14(24-17(22)23)5-7-20-8-6-19;/h3-4,6,8,11,14,20H,1-2,5,7,9-10,12,19H2;1H3/b8-6-;/t14-;/m0./s1. The van der Waals surface area contributed by atoms with Gasteiger partial charge in [-0.2, -0.15) is 0 Å². The normalized spacial score (nSPS) is 20.0. The van der Waals surface area contributed by atoms with Crippen LogP contribution in [0.2, 0.25) is 0 Å². The molecule has 0 saturated carbocycles. The van der Waals surface area contributed by atoms with E-state index < -0.39 is 6.09 Å². The molecule has 0 unspecified atom stereocenters. The lowest BCUT2D eigenvalue weighted by atomic mass is 10.2. The molecule has 25 heavy (non-hydrogen) atoms. The van der Waals surface area contributed by atoms with Gasteiger partial charge in [0.15, 0.2) is 0 Å². The number of hydrogen-bond acceptors (Lipinski definition) is 6. The number of carbonyl (C=O) groups excluding carboxylic acids is 1. The molecule has 2 fully saturated rings. The quantitative estimate of drug-likeness (QED) is 0.679. The van der Waals surface area contributed by atoms with Crippen molar-refractivity contribution < 1.29 is 13.9 Å². The largest absolute Gasteiger partial charge is 0.444 e. The van der Waals surface area contributed by atoms with E-state index in [0.29, 0.717) is 30.9 Å². The van der Waals surface area contributed by atoms with Crippen LogP contribution in [0.15, 0.2) is 30.6 Å². The monoisotopic (exact) mass is 351 g/mol. The first-order valence-electron chi connectivity index (χ1n) is 8.32. The smallest absolute Gasteiger partial charge is 0.414 e. The molecule has 0 spiro atoms. The SMILES string of the molecule is N.N/C=C\NCC[C@H]1CN(c2ccc(N3CCCC3)c(F)c2)C(=O)O1. The summed E-state index contributed by atoms with van der Waals surface area (Å²) in [6, 6.07) is 4.96. The van der Waals surface area contributed by atoms with Gasteiger partial charge < -0.3 is 26.8 Å². The number of anilines is 2. The number of amides is 1. The zero-order chi connectivity index (χ0) is 16.9. The number of nitrogens with one attached hydrogen (secondary N) is 1. The van der Waals surface area contributed by atoms with E-state index in [-0.39, 0.29) is 18.1 Å². The second kappa shape index (κ2) is 8.57. The maximum atomic E-state index is 14.4. The van der Waals surface area contributed by atoms with Crippen LogP contribution in [-0.2, 0) is 4.74 Å². The molecule has 1 atom stereocenters. The zero-order valence-corrected chi connectivity index (χ0v) is 14.3. The number of benzene rings is 1. The fraction of sp³-hybridized carbons (Fsp3) is 0.471. The first-order chi connectivity index (χ1) is 11.7. The van der Waals surface area contributed by atoms with Crippen LogP contribution in [0.4, 0.5) is 20.6 Å². The summed E-state index contributed by atoms with van der Waals surface area (Å²) in [6.07, 6.45) is 5.27. The Morgan fingerprint density at radius 1 is 1.36 bits per heavy atom. The lowest BCUT2D eigenvalue weighted by molar-refractivity contribution is 0.137. The Morgan fingerprint density at radius 3 is 2.80 bits per heavy atom. The molecule has 8 heteroatoms. The fourth-order valence-corrected chi connectivity index (χ4v) is 3.16. The highest BCUT2D eigenvalue weighted by molar-refractivity contribution is 5.90. The Balaban J connectivity index is 0.00000225. The maximum Gasteiger partial charge on any atom is 0.414 e. The number of nitrogens with two attached hydrogens (primary N) is 1. The van der Waals surface area contributed by atoms with E-state index in [1.165, 1.54) is 17.2 Å². The topological polar surface area (TPSA) is 106 Å². The summed E-state index contributed by atoms with van der Waals surface area (Å²) in [5, 5.41) is 3.00. The molecule has 1 aromatic carbocycles. The number of ether oxygens (including phenoxy) is 1. The number of carbonyl (C=O) groups is 1. The van der Waals surface area contributed by atoms with Gasteiger partial charge in [-0.3, -0.25) is 4.90 Å². The van der Waals surface area contributed by atoms with Crippen LogP contribution in [0.1, 0.15) is 19.3 Å². The third kappa shape index (κ3) is 4.33. The van der Waals surface area contributed by atoms with Crippen LogP contribution in [-0.4, -0.2) is 38.4 Å². The van der Waals surface area contributed by atoms with E-state index in [9.17, 15) is 9.18 Å². The molecule has 1 amide bonds. The van der Waals surface area contributed by atoms with Crippen molar-refractivity contribution in [2.75, 3.05) is 36.0 Å². The Hall–Kier alpha value is -2.48. The molecule has 138 valence electrons. The number of nitrogens with zero attached hydrogens (tertiary/aromatic N) is 2. The molecule has 3 rings (SSSR count). The third-order valence-electron chi connectivity index (χ3n) is 4.39. The average Bonchev–Trinajstić information content (AvgIpc) is 3.21. The summed E-state index contributed by atoms with van der Waals surface area (Å²) < 4.78 is 19.8. The second-order valence-corrected chi connectivity index (χ2v) is 6.05. The Bertz CT molecular complexity index is 619. The molecule has 6 N–H and O–H groups in total. The van der Waals surface area contributed by atoms with Crippen LogP contribution in [0, 0.1) is 5.82 Å². The zero-order valence-electron chi connectivity index (χ0n) is 14.3. The molecule has 2 aliphatic rings. The van der Waals surface area contributed by atoms with Crippen LogP contribution < -0.4 is 27.0 Å². The first kappa shape index (κ1) is 18.9. The highest BCUT2D eigenvalue weighted by atomic mass is 19.1. The maximum absolute atomic E-state index is 14.4. The average molecular weight is 351 g/mol. The van der Waals surface area contributed by atoms with Gasteiger partial charge in [-0.25, -0.2) is 9.18 Å². The van der Waals surface area contributed by atoms with Gasteiger partial charge in [-0.15, -0.1) is 0 Å². The van der Waals surface area contributed by atoms with Crippen LogP contribution in [0.3, 0.4) is 0 Å². The lowest BCUT2D eigenvalue weighted by Crippen LogP contribution is -2.26. The predicted molar refractivity (Wildman–Crippen MR) is 96.4 cm³/mol. The summed E-state index contributed by atoms with van der Waals surface area (Å²) >= 11 is 0. The summed E-state index contributed by atoms with van der Waals surface area (Å²) in [6.45, 7) is 2.85. The lowest BCUT2D eigenvalue weighted by Gasteiger charge is -2.20. The van der Waals surface area contributed by atoms with Crippen molar-refractivity contribution >= 4 is 17.5 Å². The van der Waals surface area contributed by atoms with Gasteiger partial charge in [-0.05, 0) is 31.0 Å². The van der Waals surface area contributed by atoms with Gasteiger partial charge in [0, 0.05) is 38.5 Å². The van der Waals surface area contributed by atoms with E-state index in [1.54, 1.807) is 18.3 Å². The fourth-order valence-electron chi connectivity index (χ4n) is 3.16. The van der Waals surface area contributed by atoms with E-state index >= 15 is 0 Å². The highest BCUT2D eigenvalue weighted by Gasteiger charge is 2.32. The Kier molecular flexibility index (Phi) is 6.46. The molecule has 0 bridgehead atoms. The minimum atomic E-state index is -0.428. The first-order valence-corrected chi connectivity index (χ1v) is 8.32. The number of rotatable bonds is 6. The van der Waals surface area contributed by atoms with Gasteiger partial charge in [0.2, 0.25) is 0 Å². The summed E-state index contributed by atoms with van der Waals surface area (Å²) in [5.74, 6) is -0.291. The molecule has 1 aromatic rings. The van der Waals surface area contributed by atoms with Crippen molar-refractivity contribution in [1.82, 2.24) is 11.5 Å². The molecule has 0 aromatic heterocycles. The molecule has 2 saturated heterocycles. The number of cyclic esters (lactones) is 1. The van der Waals surface area contributed by atoms with Crippen molar-refractivity contribution in [2.24, 2.45) is 5.73 Å². The van der Waals surface area contributed by atoms with Gasteiger partial charge in [0.1, 0.15) is 11.9 Å². The third-order valence-corrected chi connectivity index (χ3v) is 4.39. The summed E-state index contributed by atoms with van der Waals surface area (Å²) in [7, 11) is 0. The van der Waals surface area contributed by atoms with Crippen LogP contribution >= 0.6 is 0 Å². The molecule has 0 radical (unpaired) electrons. The van der Waals surface area contributed by atoms with E-state index in [1.807, 2.05) is 4.90 Å². The van der Waals surface area contributed by atoms with Crippen molar-refractivity contribution in [2.45, 2.75) is 25.4 Å². The molecular weight excluding hydrogens is 325 g/mol. The van der Waals surface area contributed by atoms with Gasteiger partial charge in [-0.1, -0.05) is 0 Å². The minimum absolute atomic E-state index is 0. The molecule has 2 heterocycles. The van der Waals surface area contributed by atoms with Crippen molar-refractivity contribution in [1.29, 1.82) is 0 Å². The highest BCUT2D eigenvalue weighted by Crippen LogP contribution is 2.29. The molecular formula is C17H26FN5O2. The second-order valence-electron chi connectivity index (χ2n) is 6.05. The van der Waals surface area contributed by atoms with Crippen molar-refractivity contribution in [3.8, 4) is 0 Å². The molecule has 7 nitrogen and oxygen atoms in total. The summed E-state index contributed by atoms with van der Waals surface area (Å²) in [4.78, 5) is 15.6. The van der Waals surface area contributed by atoms with Gasteiger partial charge in [0.25, 0.3) is 0 Å². The van der Waals surface area contributed by atoms with E-state index in [4.69, 9.17) is 10.5 Å². The predicted octanol–water partition coefficient (Wildman–Crippen LogP) is 2.32. The minimum Gasteiger partial charge on any atom is -0.444 e. The Labute approximate surface area is 147 Å². The van der Waals surface area contributed by atoms with Crippen molar-refractivity contribution in [3.63, 3.8) is 0 Å². The van der Waals surface area contributed by atoms with E-state index in [0.717, 1.165) is 25.9 Å².